The van der Waals surface area contributed by atoms with Gasteiger partial charge in [-0.2, -0.15) is 0 Å². The molecule has 102 valence electrons. The highest BCUT2D eigenvalue weighted by molar-refractivity contribution is 5.89. The molecule has 1 aromatic carbocycles. The number of ether oxygens (including phenoxy) is 1. The zero-order chi connectivity index (χ0) is 13.8. The summed E-state index contributed by atoms with van der Waals surface area (Å²) in [5.74, 6) is -0.861. The van der Waals surface area contributed by atoms with Gasteiger partial charge in [0.05, 0.1) is 13.0 Å². The van der Waals surface area contributed by atoms with E-state index in [1.807, 2.05) is 24.3 Å². The second-order valence-corrected chi connectivity index (χ2v) is 4.64. The minimum atomic E-state index is -0.633. The van der Waals surface area contributed by atoms with Crippen molar-refractivity contribution in [2.24, 2.45) is 0 Å². The van der Waals surface area contributed by atoms with Gasteiger partial charge in [0.2, 0.25) is 5.91 Å². The molecule has 1 unspecified atom stereocenters. The Labute approximate surface area is 112 Å². The second kappa shape index (κ2) is 5.84. The number of fused-ring (bicyclic) bond motifs is 1. The van der Waals surface area contributed by atoms with Crippen molar-refractivity contribution in [1.29, 1.82) is 0 Å². The molecule has 0 spiro atoms. The molecule has 0 fully saturated rings. The molecule has 0 bridgehead atoms. The van der Waals surface area contributed by atoms with Gasteiger partial charge in [0.25, 0.3) is 0 Å². The van der Waals surface area contributed by atoms with Crippen molar-refractivity contribution in [2.75, 3.05) is 13.7 Å². The highest BCUT2D eigenvalue weighted by Crippen LogP contribution is 2.23. The second-order valence-electron chi connectivity index (χ2n) is 4.64. The van der Waals surface area contributed by atoms with Crippen LogP contribution in [0.4, 0.5) is 0 Å². The van der Waals surface area contributed by atoms with Crippen LogP contribution in [0.15, 0.2) is 24.3 Å². The first-order chi connectivity index (χ1) is 9.13. The molecule has 2 rings (SSSR count). The molecule has 1 aliphatic heterocycles. The highest BCUT2D eigenvalue weighted by Gasteiger charge is 2.28. The summed E-state index contributed by atoms with van der Waals surface area (Å²) in [6.45, 7) is 2.97. The summed E-state index contributed by atoms with van der Waals surface area (Å²) in [6.07, 6.45) is 0. The zero-order valence-corrected chi connectivity index (χ0v) is 11.1. The van der Waals surface area contributed by atoms with E-state index in [2.05, 4.69) is 15.4 Å². The summed E-state index contributed by atoms with van der Waals surface area (Å²) in [5.41, 5.74) is 2.15. The van der Waals surface area contributed by atoms with Gasteiger partial charge >= 0.3 is 5.97 Å². The summed E-state index contributed by atoms with van der Waals surface area (Å²) < 4.78 is 4.60. The van der Waals surface area contributed by atoms with Crippen molar-refractivity contribution in [2.45, 2.75) is 25.4 Å². The number of esters is 1. The molecule has 1 aromatic rings. The van der Waals surface area contributed by atoms with Crippen molar-refractivity contribution in [3.63, 3.8) is 0 Å². The van der Waals surface area contributed by atoms with Gasteiger partial charge in [0.15, 0.2) is 0 Å². The molecule has 0 radical (unpaired) electrons. The first kappa shape index (κ1) is 13.5. The first-order valence-electron chi connectivity index (χ1n) is 6.30. The quantitative estimate of drug-likeness (QED) is 0.781. The Morgan fingerprint density at radius 2 is 2.16 bits per heavy atom. The molecule has 0 saturated carbocycles. The number of carbonyl (C=O) groups excluding carboxylic acids is 2. The molecule has 1 aliphatic rings. The Morgan fingerprint density at radius 3 is 2.89 bits per heavy atom. The largest absolute Gasteiger partial charge is 0.467 e. The molecule has 0 saturated heterocycles. The summed E-state index contributed by atoms with van der Waals surface area (Å²) in [6, 6.07) is 7.22. The van der Waals surface area contributed by atoms with Crippen molar-refractivity contribution >= 4 is 11.9 Å². The van der Waals surface area contributed by atoms with Gasteiger partial charge in [-0.3, -0.25) is 4.79 Å². The maximum Gasteiger partial charge on any atom is 0.328 e. The third-order valence-electron chi connectivity index (χ3n) is 3.32. The predicted molar refractivity (Wildman–Crippen MR) is 70.5 cm³/mol. The average Bonchev–Trinajstić information content (AvgIpc) is 2.45. The van der Waals surface area contributed by atoms with Crippen LogP contribution in [0, 0.1) is 0 Å². The van der Waals surface area contributed by atoms with Gasteiger partial charge in [-0.05, 0) is 18.1 Å². The highest BCUT2D eigenvalue weighted by atomic mass is 16.5. The minimum absolute atomic E-state index is 0.155. The lowest BCUT2D eigenvalue weighted by Crippen LogP contribution is -2.45. The van der Waals surface area contributed by atoms with Crippen molar-refractivity contribution in [1.82, 2.24) is 10.6 Å². The molecule has 2 N–H and O–H groups in total. The Morgan fingerprint density at radius 1 is 1.42 bits per heavy atom. The normalized spacial score (nSPS) is 19.2. The van der Waals surface area contributed by atoms with Gasteiger partial charge < -0.3 is 15.4 Å². The van der Waals surface area contributed by atoms with E-state index in [4.69, 9.17) is 0 Å². The summed E-state index contributed by atoms with van der Waals surface area (Å²) >= 11 is 0. The number of methoxy groups -OCH3 is 1. The summed E-state index contributed by atoms with van der Waals surface area (Å²) in [4.78, 5) is 23.6. The number of rotatable bonds is 3. The molecule has 19 heavy (non-hydrogen) atoms. The Bertz CT molecular complexity index is 487. The maximum absolute atomic E-state index is 12.2. The molecule has 0 aliphatic carbocycles. The van der Waals surface area contributed by atoms with E-state index >= 15 is 0 Å². The van der Waals surface area contributed by atoms with E-state index in [1.54, 1.807) is 6.92 Å². The number of benzene rings is 1. The zero-order valence-electron chi connectivity index (χ0n) is 11.1. The summed E-state index contributed by atoms with van der Waals surface area (Å²) in [5, 5.41) is 5.90. The smallest absolute Gasteiger partial charge is 0.328 e. The van der Waals surface area contributed by atoms with E-state index in [9.17, 15) is 9.59 Å². The van der Waals surface area contributed by atoms with Crippen LogP contribution in [0.25, 0.3) is 0 Å². The van der Waals surface area contributed by atoms with Gasteiger partial charge in [0.1, 0.15) is 6.04 Å². The Hall–Kier alpha value is -1.88. The van der Waals surface area contributed by atoms with Gasteiger partial charge in [-0.1, -0.05) is 24.3 Å². The third-order valence-corrected chi connectivity index (χ3v) is 3.32. The fourth-order valence-electron chi connectivity index (χ4n) is 2.28. The Kier molecular flexibility index (Phi) is 4.16. The van der Waals surface area contributed by atoms with E-state index in [1.165, 1.54) is 7.11 Å². The average molecular weight is 262 g/mol. The lowest BCUT2D eigenvalue weighted by Gasteiger charge is -2.26. The van der Waals surface area contributed by atoms with E-state index in [-0.39, 0.29) is 11.8 Å². The molecule has 5 nitrogen and oxygen atoms in total. The fraction of sp³-hybridized carbons (Fsp3) is 0.429. The van der Waals surface area contributed by atoms with Crippen LogP contribution in [0.1, 0.15) is 24.0 Å². The molecule has 1 amide bonds. The van der Waals surface area contributed by atoms with Crippen LogP contribution in [-0.2, 0) is 20.9 Å². The van der Waals surface area contributed by atoms with E-state index < -0.39 is 12.0 Å². The van der Waals surface area contributed by atoms with Crippen molar-refractivity contribution < 1.29 is 14.3 Å². The number of carbonyl (C=O) groups is 2. The summed E-state index contributed by atoms with van der Waals surface area (Å²) in [7, 11) is 1.31. The predicted octanol–water partition coefficient (Wildman–Crippen LogP) is 0.551. The van der Waals surface area contributed by atoms with Crippen LogP contribution < -0.4 is 10.6 Å². The van der Waals surface area contributed by atoms with E-state index in [0.29, 0.717) is 6.54 Å². The fourth-order valence-corrected chi connectivity index (χ4v) is 2.28. The van der Waals surface area contributed by atoms with Crippen LogP contribution >= 0.6 is 0 Å². The lowest BCUT2D eigenvalue weighted by molar-refractivity contribution is -0.144. The monoisotopic (exact) mass is 262 g/mol. The van der Waals surface area contributed by atoms with Gasteiger partial charge in [-0.15, -0.1) is 0 Å². The van der Waals surface area contributed by atoms with Gasteiger partial charge in [-0.25, -0.2) is 4.79 Å². The first-order valence-corrected chi connectivity index (χ1v) is 6.30. The third kappa shape index (κ3) is 2.93. The molecule has 5 heteroatoms. The molecular weight excluding hydrogens is 244 g/mol. The van der Waals surface area contributed by atoms with E-state index in [0.717, 1.165) is 17.7 Å². The topological polar surface area (TPSA) is 67.4 Å². The van der Waals surface area contributed by atoms with Crippen molar-refractivity contribution in [3.8, 4) is 0 Å². The molecule has 0 aromatic heterocycles. The number of hydrogen-bond acceptors (Lipinski definition) is 4. The van der Waals surface area contributed by atoms with Crippen LogP contribution in [-0.4, -0.2) is 31.6 Å². The van der Waals surface area contributed by atoms with Gasteiger partial charge in [0, 0.05) is 13.1 Å². The number of hydrogen-bond donors (Lipinski definition) is 2. The SMILES string of the molecule is COC(=O)[C@H](C)NC(=O)C1CNCc2ccccc21. The molecule has 2 atom stereocenters. The van der Waals surface area contributed by atoms with Crippen LogP contribution in [0.3, 0.4) is 0 Å². The number of amides is 1. The van der Waals surface area contributed by atoms with Crippen molar-refractivity contribution in [3.05, 3.63) is 35.4 Å². The molecular formula is C14H18N2O3. The number of nitrogens with one attached hydrogen (secondary N) is 2. The van der Waals surface area contributed by atoms with Crippen LogP contribution in [0.2, 0.25) is 0 Å². The lowest BCUT2D eigenvalue weighted by atomic mass is 9.90. The standard InChI is InChI=1S/C14H18N2O3/c1-9(14(18)19-2)16-13(17)12-8-15-7-10-5-3-4-6-11(10)12/h3-6,9,12,15H,7-8H2,1-2H3,(H,16,17)/t9-,12?/m0/s1. The molecule has 1 heterocycles. The van der Waals surface area contributed by atoms with Crippen LogP contribution in [0.5, 0.6) is 0 Å². The minimum Gasteiger partial charge on any atom is -0.467 e. The maximum atomic E-state index is 12.2. The Balaban J connectivity index is 2.11.